The number of allylic oxidation sites excluding steroid dienone is 4. The summed E-state index contributed by atoms with van der Waals surface area (Å²) >= 11 is 0. The first-order chi connectivity index (χ1) is 14.2. The summed E-state index contributed by atoms with van der Waals surface area (Å²) in [4.78, 5) is 0. The number of rotatable bonds is 8. The summed E-state index contributed by atoms with van der Waals surface area (Å²) in [6.45, 7) is 17.5. The van der Waals surface area contributed by atoms with Crippen molar-refractivity contribution in [2.75, 3.05) is 0 Å². The highest BCUT2D eigenvalue weighted by Gasteiger charge is 2.04. The molecule has 0 aromatic heterocycles. The van der Waals surface area contributed by atoms with Crippen molar-refractivity contribution < 1.29 is 0 Å². The van der Waals surface area contributed by atoms with Crippen LogP contribution in [0.5, 0.6) is 0 Å². The second kappa shape index (κ2) is 14.0. The Bertz CT molecular complexity index is 694. The highest BCUT2D eigenvalue weighted by molar-refractivity contribution is 5.25. The molecule has 0 spiro atoms. The van der Waals surface area contributed by atoms with Gasteiger partial charge in [-0.05, 0) is 90.2 Å². The molecule has 0 amide bonds. The summed E-state index contributed by atoms with van der Waals surface area (Å²) in [5.41, 5.74) is 8.45. The van der Waals surface area contributed by atoms with Gasteiger partial charge in [-0.15, -0.1) is 0 Å². The maximum absolute atomic E-state index is 2.32. The highest BCUT2D eigenvalue weighted by Crippen LogP contribution is 2.22. The van der Waals surface area contributed by atoms with E-state index in [1.807, 2.05) is 0 Å². The SMILES string of the molecule is CC(C)=CCC[C@@H](C)c1ccc(C)cc1.CC(C)=CCC[C@H](C)c1ccc(C)cc1. The predicted octanol–water partition coefficient (Wildman–Crippen LogP) is 9.69. The monoisotopic (exact) mass is 404 g/mol. The summed E-state index contributed by atoms with van der Waals surface area (Å²) in [5.74, 6) is 1.34. The third-order valence-corrected chi connectivity index (χ3v) is 5.60. The fourth-order valence-corrected chi connectivity index (χ4v) is 3.37. The van der Waals surface area contributed by atoms with Crippen LogP contribution >= 0.6 is 0 Å². The third-order valence-electron chi connectivity index (χ3n) is 5.60. The first-order valence-electron chi connectivity index (χ1n) is 11.6. The van der Waals surface area contributed by atoms with Crippen molar-refractivity contribution in [3.05, 3.63) is 94.1 Å². The molecule has 0 bridgehead atoms. The second-order valence-corrected chi connectivity index (χ2v) is 9.34. The number of hydrogen-bond acceptors (Lipinski definition) is 0. The lowest BCUT2D eigenvalue weighted by molar-refractivity contribution is 0.689. The number of aryl methyl sites for hydroxylation is 2. The molecule has 0 aliphatic carbocycles. The van der Waals surface area contributed by atoms with Gasteiger partial charge in [0, 0.05) is 0 Å². The zero-order valence-corrected chi connectivity index (χ0v) is 20.8. The smallest absolute Gasteiger partial charge is 0.0187 e. The lowest BCUT2D eigenvalue weighted by Gasteiger charge is -2.10. The third kappa shape index (κ3) is 11.2. The molecule has 2 aromatic rings. The van der Waals surface area contributed by atoms with E-state index in [4.69, 9.17) is 0 Å². The summed E-state index contributed by atoms with van der Waals surface area (Å²) in [5, 5.41) is 0. The molecule has 0 nitrogen and oxygen atoms in total. The molecule has 2 atom stereocenters. The maximum Gasteiger partial charge on any atom is -0.0187 e. The molecule has 2 aromatic carbocycles. The van der Waals surface area contributed by atoms with Crippen LogP contribution in [0.4, 0.5) is 0 Å². The fourth-order valence-electron chi connectivity index (χ4n) is 3.37. The van der Waals surface area contributed by atoms with Crippen LogP contribution in [0.15, 0.2) is 71.8 Å². The topological polar surface area (TPSA) is 0 Å². The van der Waals surface area contributed by atoms with Gasteiger partial charge >= 0.3 is 0 Å². The molecule has 0 aliphatic heterocycles. The molecule has 0 saturated carbocycles. The van der Waals surface area contributed by atoms with Crippen LogP contribution in [0, 0.1) is 13.8 Å². The molecule has 0 fully saturated rings. The minimum atomic E-state index is 0.668. The van der Waals surface area contributed by atoms with E-state index in [-0.39, 0.29) is 0 Å². The van der Waals surface area contributed by atoms with Crippen LogP contribution < -0.4 is 0 Å². The predicted molar refractivity (Wildman–Crippen MR) is 137 cm³/mol. The molecule has 2 rings (SSSR count). The van der Waals surface area contributed by atoms with Gasteiger partial charge in [0.1, 0.15) is 0 Å². The highest BCUT2D eigenvalue weighted by atomic mass is 14.1. The largest absolute Gasteiger partial charge is 0.0859 e. The average Bonchev–Trinajstić information content (AvgIpc) is 2.69. The van der Waals surface area contributed by atoms with Crippen LogP contribution in [0.3, 0.4) is 0 Å². The van der Waals surface area contributed by atoms with Crippen LogP contribution in [0.2, 0.25) is 0 Å². The van der Waals surface area contributed by atoms with Gasteiger partial charge in [0.25, 0.3) is 0 Å². The average molecular weight is 405 g/mol. The Morgan fingerprint density at radius 3 is 1.17 bits per heavy atom. The van der Waals surface area contributed by atoms with Crippen LogP contribution in [-0.4, -0.2) is 0 Å². The van der Waals surface area contributed by atoms with Gasteiger partial charge in [0.05, 0.1) is 0 Å². The zero-order valence-electron chi connectivity index (χ0n) is 20.8. The van der Waals surface area contributed by atoms with Crippen molar-refractivity contribution in [1.82, 2.24) is 0 Å². The summed E-state index contributed by atoms with van der Waals surface area (Å²) in [7, 11) is 0. The molecule has 30 heavy (non-hydrogen) atoms. The molecule has 0 heteroatoms. The van der Waals surface area contributed by atoms with Gasteiger partial charge in [0.2, 0.25) is 0 Å². The lowest BCUT2D eigenvalue weighted by atomic mass is 9.95. The van der Waals surface area contributed by atoms with Gasteiger partial charge in [-0.25, -0.2) is 0 Å². The van der Waals surface area contributed by atoms with Gasteiger partial charge in [-0.2, -0.15) is 0 Å². The summed E-state index contributed by atoms with van der Waals surface area (Å²) < 4.78 is 0. The van der Waals surface area contributed by atoms with Gasteiger partial charge in [-0.1, -0.05) is 96.8 Å². The van der Waals surface area contributed by atoms with Crippen molar-refractivity contribution >= 4 is 0 Å². The van der Waals surface area contributed by atoms with E-state index in [0.29, 0.717) is 11.8 Å². The van der Waals surface area contributed by atoms with Crippen molar-refractivity contribution in [3.8, 4) is 0 Å². The normalized spacial score (nSPS) is 12.3. The number of hydrogen-bond donors (Lipinski definition) is 0. The fraction of sp³-hybridized carbons (Fsp3) is 0.467. The Kier molecular flexibility index (Phi) is 12.1. The van der Waals surface area contributed by atoms with E-state index in [0.717, 1.165) is 0 Å². The van der Waals surface area contributed by atoms with E-state index >= 15 is 0 Å². The first-order valence-corrected chi connectivity index (χ1v) is 11.6. The molecule has 0 saturated heterocycles. The van der Waals surface area contributed by atoms with Crippen molar-refractivity contribution in [2.45, 2.75) is 92.9 Å². The number of benzene rings is 2. The van der Waals surface area contributed by atoms with E-state index in [2.05, 4.69) is 116 Å². The second-order valence-electron chi connectivity index (χ2n) is 9.34. The quantitative estimate of drug-likeness (QED) is 0.384. The van der Waals surface area contributed by atoms with Crippen molar-refractivity contribution in [2.24, 2.45) is 0 Å². The van der Waals surface area contributed by atoms with E-state index in [9.17, 15) is 0 Å². The molecule has 0 radical (unpaired) electrons. The van der Waals surface area contributed by atoms with E-state index < -0.39 is 0 Å². The Labute approximate surface area is 187 Å². The Morgan fingerprint density at radius 2 is 0.900 bits per heavy atom. The van der Waals surface area contributed by atoms with E-state index in [1.54, 1.807) is 0 Å². The molecule has 0 heterocycles. The van der Waals surface area contributed by atoms with Gasteiger partial charge in [-0.3, -0.25) is 0 Å². The first kappa shape index (κ1) is 26.0. The lowest BCUT2D eigenvalue weighted by Crippen LogP contribution is -1.92. The van der Waals surface area contributed by atoms with Crippen LogP contribution in [0.1, 0.15) is 101 Å². The maximum atomic E-state index is 2.32. The molecule has 164 valence electrons. The molecule has 0 N–H and O–H groups in total. The van der Waals surface area contributed by atoms with Crippen LogP contribution in [0.25, 0.3) is 0 Å². The van der Waals surface area contributed by atoms with Crippen molar-refractivity contribution in [3.63, 3.8) is 0 Å². The Balaban J connectivity index is 0.000000300. The molecular formula is C30H44. The van der Waals surface area contributed by atoms with E-state index in [1.165, 1.54) is 59.1 Å². The standard InChI is InChI=1S/2C15H22/c2*1-12(2)6-5-7-14(4)15-10-8-13(3)9-11-15/h2*6,8-11,14H,5,7H2,1-4H3/t2*14-/m10/s1. The molecular weight excluding hydrogens is 360 g/mol. The Morgan fingerprint density at radius 1 is 0.600 bits per heavy atom. The zero-order chi connectivity index (χ0) is 22.5. The molecule has 0 unspecified atom stereocenters. The van der Waals surface area contributed by atoms with Crippen LogP contribution in [-0.2, 0) is 0 Å². The van der Waals surface area contributed by atoms with Gasteiger partial charge < -0.3 is 0 Å². The Hall–Kier alpha value is -2.08. The summed E-state index contributed by atoms with van der Waals surface area (Å²) in [6.07, 6.45) is 9.52. The summed E-state index contributed by atoms with van der Waals surface area (Å²) in [6, 6.07) is 17.8. The van der Waals surface area contributed by atoms with Crippen molar-refractivity contribution in [1.29, 1.82) is 0 Å². The molecule has 0 aliphatic rings. The minimum absolute atomic E-state index is 0.668. The minimum Gasteiger partial charge on any atom is -0.0859 e. The van der Waals surface area contributed by atoms with Gasteiger partial charge in [0.15, 0.2) is 0 Å².